The number of esters is 1. The van der Waals surface area contributed by atoms with Gasteiger partial charge in [0.05, 0.1) is 18.3 Å². The van der Waals surface area contributed by atoms with Crippen molar-refractivity contribution in [2.75, 3.05) is 13.7 Å². The molecule has 3 aromatic rings. The van der Waals surface area contributed by atoms with Crippen LogP contribution in [0.2, 0.25) is 0 Å². The fourth-order valence-corrected chi connectivity index (χ4v) is 4.77. The number of hydrogen-bond donors (Lipinski definition) is 2. The maximum atomic E-state index is 13.0. The van der Waals surface area contributed by atoms with E-state index in [0.717, 1.165) is 16.7 Å². The highest BCUT2D eigenvalue weighted by atomic mass is 16.5. The summed E-state index contributed by atoms with van der Waals surface area (Å²) in [5, 5.41) is 14.8. The molecule has 0 saturated carbocycles. The van der Waals surface area contributed by atoms with Crippen molar-refractivity contribution in [1.29, 1.82) is 0 Å². The van der Waals surface area contributed by atoms with E-state index in [2.05, 4.69) is 19.2 Å². The maximum absolute atomic E-state index is 13.0. The number of carbonyl (C=O) groups excluding carboxylic acids is 2. The van der Waals surface area contributed by atoms with Crippen LogP contribution in [-0.2, 0) is 23.2 Å². The zero-order valence-electron chi connectivity index (χ0n) is 20.3. The van der Waals surface area contributed by atoms with Crippen LogP contribution >= 0.6 is 0 Å². The number of methoxy groups -OCH3 is 1. The second kappa shape index (κ2) is 9.92. The van der Waals surface area contributed by atoms with Gasteiger partial charge in [-0.2, -0.15) is 0 Å². The first kappa shape index (κ1) is 24.5. The number of fused-ring (bicyclic) bond motifs is 1. The van der Waals surface area contributed by atoms with Crippen LogP contribution in [0.1, 0.15) is 57.7 Å². The van der Waals surface area contributed by atoms with Gasteiger partial charge in [0.15, 0.2) is 0 Å². The molecule has 1 aliphatic heterocycles. The van der Waals surface area contributed by atoms with Crippen LogP contribution in [0.5, 0.6) is 5.75 Å². The van der Waals surface area contributed by atoms with Crippen LogP contribution in [-0.4, -0.2) is 36.2 Å². The second-order valence-corrected chi connectivity index (χ2v) is 9.81. The van der Waals surface area contributed by atoms with Crippen LogP contribution < -0.4 is 10.1 Å². The van der Waals surface area contributed by atoms with Gasteiger partial charge in [0, 0.05) is 24.1 Å². The number of amides is 1. The van der Waals surface area contributed by atoms with Gasteiger partial charge in [-0.3, -0.25) is 4.79 Å². The Morgan fingerprint density at radius 1 is 1.06 bits per heavy atom. The number of ether oxygens (including phenoxy) is 2. The van der Waals surface area contributed by atoms with Crippen molar-refractivity contribution < 1.29 is 24.2 Å². The third kappa shape index (κ3) is 5.72. The predicted octanol–water partition coefficient (Wildman–Crippen LogP) is 4.44. The standard InChI is InChI=1S/C29H31NO5/c1-28(2,23-9-5-4-6-10-23)18-29(33,16-20-8-7-11-24(14-20)34-3)19-30-26(31)21-12-13-22-17-35-27(32)25(22)15-21/h4-15,33H,16-19H2,1-3H3,(H,30,31)/t29-/m1/s1. The minimum absolute atomic E-state index is 0.0425. The van der Waals surface area contributed by atoms with E-state index < -0.39 is 11.6 Å². The predicted molar refractivity (Wildman–Crippen MR) is 134 cm³/mol. The number of rotatable bonds is 9. The highest BCUT2D eigenvalue weighted by Gasteiger charge is 2.36. The molecule has 0 radical (unpaired) electrons. The average Bonchev–Trinajstić information content (AvgIpc) is 3.23. The zero-order chi connectivity index (χ0) is 25.1. The highest BCUT2D eigenvalue weighted by Crippen LogP contribution is 2.34. The summed E-state index contributed by atoms with van der Waals surface area (Å²) in [7, 11) is 1.61. The minimum atomic E-state index is -1.24. The Balaban J connectivity index is 1.56. The Bertz CT molecular complexity index is 1220. The van der Waals surface area contributed by atoms with Gasteiger partial charge in [0.2, 0.25) is 0 Å². The molecule has 0 unspecified atom stereocenters. The normalized spacial score (nSPS) is 14.6. The molecule has 3 aromatic carbocycles. The Labute approximate surface area is 205 Å². The van der Waals surface area contributed by atoms with Gasteiger partial charge in [-0.15, -0.1) is 0 Å². The number of hydrogen-bond acceptors (Lipinski definition) is 5. The molecule has 0 aliphatic carbocycles. The van der Waals surface area contributed by atoms with Crippen LogP contribution in [0.4, 0.5) is 0 Å². The van der Waals surface area contributed by atoms with Crippen molar-refractivity contribution in [2.24, 2.45) is 0 Å². The topological polar surface area (TPSA) is 84.9 Å². The molecule has 6 nitrogen and oxygen atoms in total. The first-order chi connectivity index (χ1) is 16.7. The van der Waals surface area contributed by atoms with Crippen molar-refractivity contribution in [3.05, 3.63) is 101 Å². The summed E-state index contributed by atoms with van der Waals surface area (Å²) in [5.41, 5.74) is 1.96. The molecule has 182 valence electrons. The molecule has 0 fully saturated rings. The Kier molecular flexibility index (Phi) is 6.94. The molecule has 0 aromatic heterocycles. The maximum Gasteiger partial charge on any atom is 0.338 e. The van der Waals surface area contributed by atoms with E-state index in [-0.39, 0.29) is 24.5 Å². The lowest BCUT2D eigenvalue weighted by atomic mass is 9.73. The second-order valence-electron chi connectivity index (χ2n) is 9.81. The Hall–Kier alpha value is -3.64. The zero-order valence-corrected chi connectivity index (χ0v) is 20.3. The van der Waals surface area contributed by atoms with E-state index in [0.29, 0.717) is 29.7 Å². The molecular weight excluding hydrogens is 442 g/mol. The number of cyclic esters (lactones) is 1. The van der Waals surface area contributed by atoms with Gasteiger partial charge in [0.25, 0.3) is 5.91 Å². The van der Waals surface area contributed by atoms with Crippen LogP contribution in [0.15, 0.2) is 72.8 Å². The van der Waals surface area contributed by atoms with Crippen molar-refractivity contribution >= 4 is 11.9 Å². The van der Waals surface area contributed by atoms with E-state index in [4.69, 9.17) is 9.47 Å². The summed E-state index contributed by atoms with van der Waals surface area (Å²) in [6.45, 7) is 4.45. The first-order valence-corrected chi connectivity index (χ1v) is 11.7. The molecular formula is C29H31NO5. The number of aliphatic hydroxyl groups is 1. The van der Waals surface area contributed by atoms with Crippen LogP contribution in [0.3, 0.4) is 0 Å². The SMILES string of the molecule is COc1cccc(C[C@](O)(CNC(=O)c2ccc3c(c2)C(=O)OC3)CC(C)(C)c2ccccc2)c1. The van der Waals surface area contributed by atoms with Crippen molar-refractivity contribution in [3.8, 4) is 5.75 Å². The highest BCUT2D eigenvalue weighted by molar-refractivity contribution is 5.99. The lowest BCUT2D eigenvalue weighted by molar-refractivity contribution is 0.0136. The van der Waals surface area contributed by atoms with Gasteiger partial charge in [0.1, 0.15) is 12.4 Å². The molecule has 0 bridgehead atoms. The number of carbonyl (C=O) groups is 2. The number of benzene rings is 3. The molecule has 1 amide bonds. The fourth-order valence-electron chi connectivity index (χ4n) is 4.77. The molecule has 1 heterocycles. The van der Waals surface area contributed by atoms with E-state index in [1.807, 2.05) is 54.6 Å². The third-order valence-corrected chi connectivity index (χ3v) is 6.52. The molecule has 1 aliphatic rings. The average molecular weight is 474 g/mol. The molecule has 0 saturated heterocycles. The Morgan fingerprint density at radius 3 is 2.57 bits per heavy atom. The summed E-state index contributed by atoms with van der Waals surface area (Å²) in [4.78, 5) is 24.9. The van der Waals surface area contributed by atoms with Gasteiger partial charge >= 0.3 is 5.97 Å². The molecule has 35 heavy (non-hydrogen) atoms. The summed E-state index contributed by atoms with van der Waals surface area (Å²) in [6, 6.07) is 22.6. The van der Waals surface area contributed by atoms with Crippen LogP contribution in [0, 0.1) is 0 Å². The lowest BCUT2D eigenvalue weighted by Gasteiger charge is -2.37. The van der Waals surface area contributed by atoms with E-state index in [1.165, 1.54) is 0 Å². The van der Waals surface area contributed by atoms with Crippen molar-refractivity contribution in [1.82, 2.24) is 5.32 Å². The lowest BCUT2D eigenvalue weighted by Crippen LogP contribution is -2.48. The minimum Gasteiger partial charge on any atom is -0.497 e. The van der Waals surface area contributed by atoms with Crippen LogP contribution in [0.25, 0.3) is 0 Å². The largest absolute Gasteiger partial charge is 0.497 e. The molecule has 1 atom stereocenters. The fraction of sp³-hybridized carbons (Fsp3) is 0.310. The summed E-state index contributed by atoms with van der Waals surface area (Å²) in [5.74, 6) is -0.0656. The number of nitrogens with one attached hydrogen (secondary N) is 1. The monoisotopic (exact) mass is 473 g/mol. The first-order valence-electron chi connectivity index (χ1n) is 11.7. The molecule has 0 spiro atoms. The summed E-state index contributed by atoms with van der Waals surface area (Å²) in [6.07, 6.45) is 0.745. The smallest absolute Gasteiger partial charge is 0.338 e. The molecule has 2 N–H and O–H groups in total. The van der Waals surface area contributed by atoms with Gasteiger partial charge in [-0.05, 0) is 47.2 Å². The Morgan fingerprint density at radius 2 is 1.83 bits per heavy atom. The van der Waals surface area contributed by atoms with Crippen molar-refractivity contribution in [2.45, 2.75) is 44.3 Å². The van der Waals surface area contributed by atoms with Gasteiger partial charge in [-0.25, -0.2) is 4.79 Å². The van der Waals surface area contributed by atoms with Crippen molar-refractivity contribution in [3.63, 3.8) is 0 Å². The van der Waals surface area contributed by atoms with Gasteiger partial charge < -0.3 is 19.9 Å². The van der Waals surface area contributed by atoms with E-state index in [1.54, 1.807) is 25.3 Å². The molecule has 6 heteroatoms. The summed E-state index contributed by atoms with van der Waals surface area (Å²) >= 11 is 0. The third-order valence-electron chi connectivity index (χ3n) is 6.52. The molecule has 4 rings (SSSR count). The van der Waals surface area contributed by atoms with E-state index >= 15 is 0 Å². The quantitative estimate of drug-likeness (QED) is 0.449. The van der Waals surface area contributed by atoms with E-state index in [9.17, 15) is 14.7 Å². The summed E-state index contributed by atoms with van der Waals surface area (Å²) < 4.78 is 10.4. The van der Waals surface area contributed by atoms with Gasteiger partial charge in [-0.1, -0.05) is 62.4 Å².